The molecule has 0 aliphatic carbocycles. The van der Waals surface area contributed by atoms with Crippen molar-refractivity contribution in [3.63, 3.8) is 0 Å². The van der Waals surface area contributed by atoms with E-state index in [0.29, 0.717) is 17.1 Å². The maximum absolute atomic E-state index is 14.1. The fourth-order valence-electron chi connectivity index (χ4n) is 5.07. The highest BCUT2D eigenvalue weighted by atomic mass is 16.6. The summed E-state index contributed by atoms with van der Waals surface area (Å²) in [6.45, 7) is 6.20. The van der Waals surface area contributed by atoms with E-state index in [4.69, 9.17) is 18.9 Å². The van der Waals surface area contributed by atoms with Gasteiger partial charge in [-0.25, -0.2) is 4.79 Å². The van der Waals surface area contributed by atoms with Gasteiger partial charge in [-0.1, -0.05) is 44.2 Å². The third kappa shape index (κ3) is 8.83. The van der Waals surface area contributed by atoms with Gasteiger partial charge < -0.3 is 34.3 Å². The Morgan fingerprint density at radius 3 is 2.20 bits per heavy atom. The zero-order valence-corrected chi connectivity index (χ0v) is 26.8. The maximum Gasteiger partial charge on any atom is 0.337 e. The first-order chi connectivity index (χ1) is 21.4. The summed E-state index contributed by atoms with van der Waals surface area (Å²) < 4.78 is 21.1. The number of nitrogens with one attached hydrogen (secondary N) is 1. The normalized spacial score (nSPS) is 16.3. The number of aliphatic hydroxyl groups excluding tert-OH is 1. The Kier molecular flexibility index (Phi) is 12.5. The van der Waals surface area contributed by atoms with E-state index < -0.39 is 54.5 Å². The number of ether oxygens (including phenoxy) is 4. The van der Waals surface area contributed by atoms with E-state index in [2.05, 4.69) is 5.32 Å². The lowest BCUT2D eigenvalue weighted by molar-refractivity contribution is -0.159. The number of benzene rings is 2. The van der Waals surface area contributed by atoms with E-state index in [1.165, 1.54) is 37.3 Å². The van der Waals surface area contributed by atoms with Crippen LogP contribution in [0.15, 0.2) is 54.7 Å². The van der Waals surface area contributed by atoms with Gasteiger partial charge in [0.15, 0.2) is 17.6 Å². The smallest absolute Gasteiger partial charge is 0.337 e. The van der Waals surface area contributed by atoms with Crippen LogP contribution in [0.25, 0.3) is 5.70 Å². The summed E-state index contributed by atoms with van der Waals surface area (Å²) in [6, 6.07) is 12.1. The molecule has 0 fully saturated rings. The van der Waals surface area contributed by atoms with E-state index in [-0.39, 0.29) is 24.6 Å². The van der Waals surface area contributed by atoms with Gasteiger partial charge in [-0.2, -0.15) is 0 Å². The van der Waals surface area contributed by atoms with Crippen LogP contribution in [0.1, 0.15) is 38.8 Å². The van der Waals surface area contributed by atoms with Gasteiger partial charge in [-0.05, 0) is 49.9 Å². The minimum Gasteiger partial charge on any atom is -0.493 e. The van der Waals surface area contributed by atoms with Gasteiger partial charge in [0.25, 0.3) is 11.8 Å². The van der Waals surface area contributed by atoms with Gasteiger partial charge >= 0.3 is 5.97 Å². The minimum absolute atomic E-state index is 0.126. The molecular weight excluding hydrogens is 582 g/mol. The molecule has 0 spiro atoms. The van der Waals surface area contributed by atoms with Gasteiger partial charge in [-0.15, -0.1) is 0 Å². The van der Waals surface area contributed by atoms with Crippen molar-refractivity contribution in [2.75, 3.05) is 34.5 Å². The van der Waals surface area contributed by atoms with Crippen LogP contribution in [0.4, 0.5) is 0 Å². The fraction of sp³-hybridized carbons (Fsp3) is 0.455. The first-order valence-electron chi connectivity index (χ1n) is 14.7. The molecule has 2 unspecified atom stereocenters. The quantitative estimate of drug-likeness (QED) is 0.303. The molecule has 244 valence electrons. The minimum atomic E-state index is -1.67. The van der Waals surface area contributed by atoms with E-state index in [1.54, 1.807) is 45.9 Å². The standard InChI is InChI=1S/C33H43N3O9/c1-20(2)30-32(40)35(25(17-36(30)29(38)19-42-5)23-13-14-26(43-6)27(16-23)44-7)18-28(37)34-24(15-22-11-9-8-10-12-22)31(39)33(41)45-21(3)4/h8-14,16-17,20-21,24,30-31,39H,15,18-19H2,1-7H3,(H,34,37)/t24-,30?,31?/m0/s1. The topological polar surface area (TPSA) is 144 Å². The third-order valence-corrected chi connectivity index (χ3v) is 7.16. The average molecular weight is 626 g/mol. The second-order valence-corrected chi connectivity index (χ2v) is 11.2. The Labute approximate surface area is 263 Å². The van der Waals surface area contributed by atoms with Crippen molar-refractivity contribution >= 4 is 29.4 Å². The molecule has 0 aromatic heterocycles. The van der Waals surface area contributed by atoms with Crippen molar-refractivity contribution in [3.05, 3.63) is 65.9 Å². The molecule has 1 heterocycles. The van der Waals surface area contributed by atoms with Crippen LogP contribution in [-0.4, -0.2) is 97.4 Å². The summed E-state index contributed by atoms with van der Waals surface area (Å²) >= 11 is 0. The van der Waals surface area contributed by atoms with Crippen LogP contribution >= 0.6 is 0 Å². The van der Waals surface area contributed by atoms with E-state index in [0.717, 1.165) is 5.56 Å². The predicted octanol–water partition coefficient (Wildman–Crippen LogP) is 2.38. The lowest BCUT2D eigenvalue weighted by Gasteiger charge is -2.41. The largest absolute Gasteiger partial charge is 0.493 e. The molecular formula is C33H43N3O9. The number of aliphatic hydroxyl groups is 1. The van der Waals surface area contributed by atoms with Crippen molar-refractivity contribution < 1.29 is 43.2 Å². The van der Waals surface area contributed by atoms with Crippen molar-refractivity contribution in [2.24, 2.45) is 5.92 Å². The number of nitrogens with zero attached hydrogens (tertiary/aromatic N) is 2. The molecule has 3 atom stereocenters. The van der Waals surface area contributed by atoms with Crippen LogP contribution in [0.2, 0.25) is 0 Å². The molecule has 2 N–H and O–H groups in total. The molecule has 2 aromatic carbocycles. The Bertz CT molecular complexity index is 1380. The second-order valence-electron chi connectivity index (χ2n) is 11.2. The van der Waals surface area contributed by atoms with E-state index in [1.807, 2.05) is 30.3 Å². The van der Waals surface area contributed by atoms with Crippen molar-refractivity contribution in [2.45, 2.75) is 58.4 Å². The summed E-state index contributed by atoms with van der Waals surface area (Å²) in [5, 5.41) is 13.7. The second kappa shape index (κ2) is 16.1. The number of carbonyl (C=O) groups excluding carboxylic acids is 4. The SMILES string of the molecule is COCC(=O)N1C=C(c2ccc(OC)c(OC)c2)N(CC(=O)N[C@@H](Cc2ccccc2)C(O)C(=O)OC(C)C)C(=O)C1C(C)C. The van der Waals surface area contributed by atoms with Crippen LogP contribution in [-0.2, 0) is 35.1 Å². The molecule has 12 heteroatoms. The lowest BCUT2D eigenvalue weighted by atomic mass is 9.96. The van der Waals surface area contributed by atoms with Crippen molar-refractivity contribution in [1.29, 1.82) is 0 Å². The summed E-state index contributed by atoms with van der Waals surface area (Å²) in [5.74, 6) is -1.91. The summed E-state index contributed by atoms with van der Waals surface area (Å²) in [6.07, 6.45) is -0.489. The molecule has 1 aliphatic rings. The number of hydrogen-bond acceptors (Lipinski definition) is 9. The highest BCUT2D eigenvalue weighted by molar-refractivity contribution is 6.00. The fourth-order valence-corrected chi connectivity index (χ4v) is 5.07. The monoisotopic (exact) mass is 625 g/mol. The first-order valence-corrected chi connectivity index (χ1v) is 14.7. The molecule has 45 heavy (non-hydrogen) atoms. The number of amides is 3. The zero-order chi connectivity index (χ0) is 33.3. The summed E-state index contributed by atoms with van der Waals surface area (Å²) in [7, 11) is 4.35. The van der Waals surface area contributed by atoms with E-state index >= 15 is 0 Å². The molecule has 0 saturated heterocycles. The molecule has 0 bridgehead atoms. The van der Waals surface area contributed by atoms with Crippen LogP contribution in [0.5, 0.6) is 11.5 Å². The molecule has 1 aliphatic heterocycles. The summed E-state index contributed by atoms with van der Waals surface area (Å²) in [4.78, 5) is 56.2. The first kappa shape index (κ1) is 35.1. The molecule has 0 saturated carbocycles. The number of methoxy groups -OCH3 is 3. The van der Waals surface area contributed by atoms with Crippen molar-refractivity contribution in [1.82, 2.24) is 15.1 Å². The number of esters is 1. The van der Waals surface area contributed by atoms with Gasteiger partial charge in [-0.3, -0.25) is 19.3 Å². The highest BCUT2D eigenvalue weighted by Gasteiger charge is 2.41. The predicted molar refractivity (Wildman–Crippen MR) is 166 cm³/mol. The van der Waals surface area contributed by atoms with Gasteiger partial charge in [0, 0.05) is 18.9 Å². The Morgan fingerprint density at radius 1 is 0.956 bits per heavy atom. The molecule has 12 nitrogen and oxygen atoms in total. The Morgan fingerprint density at radius 2 is 1.62 bits per heavy atom. The van der Waals surface area contributed by atoms with Crippen LogP contribution in [0.3, 0.4) is 0 Å². The molecule has 3 rings (SSSR count). The molecule has 2 aromatic rings. The third-order valence-electron chi connectivity index (χ3n) is 7.16. The van der Waals surface area contributed by atoms with Crippen LogP contribution < -0.4 is 14.8 Å². The highest BCUT2D eigenvalue weighted by Crippen LogP contribution is 2.35. The van der Waals surface area contributed by atoms with Gasteiger partial charge in [0.05, 0.1) is 32.1 Å². The number of hydrogen-bond donors (Lipinski definition) is 2. The van der Waals surface area contributed by atoms with E-state index in [9.17, 15) is 24.3 Å². The lowest BCUT2D eigenvalue weighted by Crippen LogP contribution is -2.58. The number of carbonyl (C=O) groups is 4. The van der Waals surface area contributed by atoms with Gasteiger partial charge in [0.2, 0.25) is 5.91 Å². The van der Waals surface area contributed by atoms with Crippen LogP contribution in [0, 0.1) is 5.92 Å². The Hall–Kier alpha value is -4.42. The number of rotatable bonds is 14. The average Bonchev–Trinajstić information content (AvgIpc) is 3.00. The molecule has 3 amide bonds. The Balaban J connectivity index is 2.03. The zero-order valence-electron chi connectivity index (χ0n) is 26.8. The van der Waals surface area contributed by atoms with Crippen molar-refractivity contribution in [3.8, 4) is 11.5 Å². The molecule has 0 radical (unpaired) electrons. The summed E-state index contributed by atoms with van der Waals surface area (Å²) in [5.41, 5.74) is 1.51. The van der Waals surface area contributed by atoms with Gasteiger partial charge in [0.1, 0.15) is 19.2 Å². The maximum atomic E-state index is 14.1.